The molecule has 0 aromatic heterocycles. The lowest BCUT2D eigenvalue weighted by atomic mass is 10.1. The first kappa shape index (κ1) is 21.6. The van der Waals surface area contributed by atoms with Gasteiger partial charge < -0.3 is 0 Å². The Labute approximate surface area is 178 Å². The molecule has 3 aromatic rings. The largest absolute Gasteiger partial charge is 0.257 e. The maximum Gasteiger partial charge on any atom is 0.257 e. The number of halogens is 2. The van der Waals surface area contributed by atoms with E-state index in [-0.39, 0.29) is 19.1 Å². The van der Waals surface area contributed by atoms with Crippen LogP contribution in [0.2, 0.25) is 0 Å². The lowest BCUT2D eigenvalue weighted by molar-refractivity contribution is 0.339. The van der Waals surface area contributed by atoms with Crippen molar-refractivity contribution in [2.45, 2.75) is 15.8 Å². The van der Waals surface area contributed by atoms with E-state index in [2.05, 4.69) is 15.9 Å². The number of benzene rings is 3. The van der Waals surface area contributed by atoms with Crippen molar-refractivity contribution in [2.75, 3.05) is 6.67 Å². The maximum absolute atomic E-state index is 14.2. The number of sulfonamides is 2. The highest BCUT2D eigenvalue weighted by Crippen LogP contribution is 2.34. The predicted octanol–water partition coefficient (Wildman–Crippen LogP) is 4.54. The van der Waals surface area contributed by atoms with E-state index >= 15 is 0 Å². The molecule has 0 spiro atoms. The minimum absolute atomic E-state index is 0.217. The minimum atomic E-state index is -4.58. The molecule has 3 aromatic carbocycles. The summed E-state index contributed by atoms with van der Waals surface area (Å²) in [5.41, 5.74) is 0.217. The molecule has 0 saturated heterocycles. The molecule has 3 rings (SSSR count). The van der Waals surface area contributed by atoms with Gasteiger partial charge in [-0.2, -0.15) is 0 Å². The van der Waals surface area contributed by atoms with Crippen LogP contribution in [0, 0.1) is 0 Å². The maximum atomic E-state index is 14.2. The van der Waals surface area contributed by atoms with Gasteiger partial charge >= 0.3 is 0 Å². The third-order valence-electron chi connectivity index (χ3n) is 4.21. The van der Waals surface area contributed by atoms with Crippen LogP contribution >= 0.6 is 15.9 Å². The number of hydrogen-bond donors (Lipinski definition) is 0. The Hall–Kier alpha value is -2.07. The lowest BCUT2D eigenvalue weighted by Crippen LogP contribution is -2.40. The Kier molecular flexibility index (Phi) is 6.52. The zero-order chi connectivity index (χ0) is 21.1. The van der Waals surface area contributed by atoms with Crippen molar-refractivity contribution in [3.8, 4) is 0 Å². The van der Waals surface area contributed by atoms with Crippen molar-refractivity contribution < 1.29 is 21.2 Å². The molecule has 29 heavy (non-hydrogen) atoms. The molecule has 0 heterocycles. The van der Waals surface area contributed by atoms with Crippen LogP contribution in [0.1, 0.15) is 11.6 Å². The highest BCUT2D eigenvalue weighted by atomic mass is 79.9. The average Bonchev–Trinajstić information content (AvgIpc) is 2.73. The van der Waals surface area contributed by atoms with Crippen LogP contribution in [-0.4, -0.2) is 27.2 Å². The second kappa shape index (κ2) is 8.74. The van der Waals surface area contributed by atoms with Gasteiger partial charge in [0.2, 0.25) is 0 Å². The van der Waals surface area contributed by atoms with Crippen molar-refractivity contribution in [1.29, 1.82) is 0 Å². The summed E-state index contributed by atoms with van der Waals surface area (Å²) in [6.07, 6.45) is 0. The van der Waals surface area contributed by atoms with Gasteiger partial charge in [-0.15, -0.1) is 0 Å². The third kappa shape index (κ3) is 4.42. The summed E-state index contributed by atoms with van der Waals surface area (Å²) in [4.78, 5) is -0.481. The summed E-state index contributed by atoms with van der Waals surface area (Å²) in [7, 11) is -9.17. The van der Waals surface area contributed by atoms with Crippen LogP contribution in [0.4, 0.5) is 4.39 Å². The molecule has 0 aliphatic heterocycles. The molecule has 0 fully saturated rings. The van der Waals surface area contributed by atoms with Gasteiger partial charge in [0.25, 0.3) is 20.0 Å². The molecule has 1 atom stereocenters. The molecule has 0 aliphatic carbocycles. The first-order valence-corrected chi connectivity index (χ1v) is 12.2. The van der Waals surface area contributed by atoms with Crippen molar-refractivity contribution in [2.24, 2.45) is 0 Å². The molecule has 0 saturated carbocycles. The lowest BCUT2D eigenvalue weighted by Gasteiger charge is -2.29. The topological polar surface area (TPSA) is 71.5 Å². The highest BCUT2D eigenvalue weighted by Gasteiger charge is 2.43. The van der Waals surface area contributed by atoms with Crippen molar-refractivity contribution in [3.05, 3.63) is 95.0 Å². The Bertz CT molecular complexity index is 1100. The zero-order valence-electron chi connectivity index (χ0n) is 15.0. The van der Waals surface area contributed by atoms with Gasteiger partial charge in [-0.3, -0.25) is 0 Å². The average molecular weight is 498 g/mol. The second-order valence-corrected chi connectivity index (χ2v) is 10.9. The molecule has 152 valence electrons. The number of alkyl halides is 1. The standard InChI is InChI=1S/C20H17BrFNO4S2/c21-17-13-11-16(12-14-17)20(15-22)23(28(24,25)18-7-3-1-4-8-18)29(26,27)19-9-5-2-6-10-19/h1-14,20H,15H2. The Morgan fingerprint density at radius 2 is 1.14 bits per heavy atom. The number of nitrogens with zero attached hydrogens (tertiary/aromatic N) is 1. The summed E-state index contributed by atoms with van der Waals surface area (Å²) < 4.78 is 68.6. The quantitative estimate of drug-likeness (QED) is 0.480. The van der Waals surface area contributed by atoms with Crippen LogP contribution in [0.15, 0.2) is 99.2 Å². The molecular weight excluding hydrogens is 481 g/mol. The third-order valence-corrected chi connectivity index (χ3v) is 9.11. The molecule has 0 aliphatic rings. The van der Waals surface area contributed by atoms with Gasteiger partial charge in [0, 0.05) is 4.47 Å². The smallest absolute Gasteiger partial charge is 0.249 e. The molecule has 5 nitrogen and oxygen atoms in total. The summed E-state index contributed by atoms with van der Waals surface area (Å²) in [5.74, 6) is 0. The van der Waals surface area contributed by atoms with E-state index in [0.29, 0.717) is 4.47 Å². The van der Waals surface area contributed by atoms with E-state index < -0.39 is 32.8 Å². The summed E-state index contributed by atoms with van der Waals surface area (Å²) in [6.45, 7) is -1.22. The summed E-state index contributed by atoms with van der Waals surface area (Å²) in [5, 5.41) is 0. The second-order valence-electron chi connectivity index (χ2n) is 6.08. The molecule has 0 amide bonds. The van der Waals surface area contributed by atoms with E-state index in [4.69, 9.17) is 0 Å². The van der Waals surface area contributed by atoms with Gasteiger partial charge in [-0.05, 0) is 42.0 Å². The van der Waals surface area contributed by atoms with Crippen LogP contribution < -0.4 is 0 Å². The van der Waals surface area contributed by atoms with Crippen molar-refractivity contribution in [3.63, 3.8) is 0 Å². The molecule has 0 radical (unpaired) electrons. The minimum Gasteiger partial charge on any atom is -0.249 e. The fraction of sp³-hybridized carbons (Fsp3) is 0.100. The fourth-order valence-corrected chi connectivity index (χ4v) is 7.07. The SMILES string of the molecule is O=S(=O)(c1ccccc1)N(C(CF)c1ccc(Br)cc1)S(=O)(=O)c1ccccc1. The molecule has 1 unspecified atom stereocenters. The highest BCUT2D eigenvalue weighted by molar-refractivity contribution is 9.10. The Morgan fingerprint density at radius 3 is 1.52 bits per heavy atom. The molecular formula is C20H17BrFNO4S2. The number of hydrogen-bond acceptors (Lipinski definition) is 4. The van der Waals surface area contributed by atoms with Gasteiger partial charge in [-0.1, -0.05) is 68.2 Å². The van der Waals surface area contributed by atoms with E-state index in [1.807, 2.05) is 0 Å². The van der Waals surface area contributed by atoms with Crippen LogP contribution in [0.3, 0.4) is 0 Å². The van der Waals surface area contributed by atoms with E-state index in [9.17, 15) is 21.2 Å². The number of rotatable bonds is 7. The molecule has 0 N–H and O–H groups in total. The molecule has 9 heteroatoms. The predicted molar refractivity (Wildman–Crippen MR) is 112 cm³/mol. The fourth-order valence-electron chi connectivity index (χ4n) is 2.81. The van der Waals surface area contributed by atoms with Crippen molar-refractivity contribution >= 4 is 36.0 Å². The summed E-state index contributed by atoms with van der Waals surface area (Å²) in [6, 6.07) is 18.8. The normalized spacial score (nSPS) is 13.3. The first-order chi connectivity index (χ1) is 13.8. The van der Waals surface area contributed by atoms with Crippen LogP contribution in [0.5, 0.6) is 0 Å². The van der Waals surface area contributed by atoms with Gasteiger partial charge in [0.15, 0.2) is 0 Å². The van der Waals surface area contributed by atoms with Crippen LogP contribution in [-0.2, 0) is 20.0 Å². The van der Waals surface area contributed by atoms with E-state index in [1.54, 1.807) is 24.3 Å². The Morgan fingerprint density at radius 1 is 0.724 bits per heavy atom. The first-order valence-electron chi connectivity index (χ1n) is 8.49. The van der Waals surface area contributed by atoms with Gasteiger partial charge in [-0.25, -0.2) is 21.2 Å². The summed E-state index contributed by atoms with van der Waals surface area (Å²) >= 11 is 3.26. The van der Waals surface area contributed by atoms with Crippen LogP contribution in [0.25, 0.3) is 0 Å². The monoisotopic (exact) mass is 497 g/mol. The van der Waals surface area contributed by atoms with E-state index in [0.717, 1.165) is 0 Å². The Balaban J connectivity index is 2.25. The zero-order valence-corrected chi connectivity index (χ0v) is 18.2. The molecule has 0 bridgehead atoms. The van der Waals surface area contributed by atoms with Gasteiger partial charge in [0.05, 0.1) is 15.8 Å². The van der Waals surface area contributed by atoms with Gasteiger partial charge in [0.1, 0.15) is 6.67 Å². The van der Waals surface area contributed by atoms with E-state index in [1.165, 1.54) is 60.7 Å². The van der Waals surface area contributed by atoms with Crippen molar-refractivity contribution in [1.82, 2.24) is 3.71 Å².